The van der Waals surface area contributed by atoms with Gasteiger partial charge in [0.25, 0.3) is 5.56 Å². The average Bonchev–Trinajstić information content (AvgIpc) is 2.31. The SMILES string of the molecule is Cn1c(Cc2ccccc2)ccc(N)c1=O. The maximum absolute atomic E-state index is 11.6. The quantitative estimate of drug-likeness (QED) is 0.824. The lowest BCUT2D eigenvalue weighted by Crippen LogP contribution is -2.22. The third-order valence-corrected chi connectivity index (χ3v) is 2.67. The zero-order chi connectivity index (χ0) is 11.5. The van der Waals surface area contributed by atoms with Crippen molar-refractivity contribution in [3.8, 4) is 0 Å². The van der Waals surface area contributed by atoms with Crippen LogP contribution in [0.25, 0.3) is 0 Å². The molecule has 0 fully saturated rings. The van der Waals surface area contributed by atoms with Gasteiger partial charge in [0.15, 0.2) is 0 Å². The largest absolute Gasteiger partial charge is 0.394 e. The Kier molecular flexibility index (Phi) is 2.77. The number of hydrogen-bond donors (Lipinski definition) is 1. The number of aromatic nitrogens is 1. The van der Waals surface area contributed by atoms with Gasteiger partial charge in [-0.15, -0.1) is 0 Å². The summed E-state index contributed by atoms with van der Waals surface area (Å²) in [6.07, 6.45) is 0.743. The second-order valence-corrected chi connectivity index (χ2v) is 3.81. The average molecular weight is 214 g/mol. The van der Waals surface area contributed by atoms with E-state index in [1.165, 1.54) is 5.56 Å². The summed E-state index contributed by atoms with van der Waals surface area (Å²) in [5.74, 6) is 0. The normalized spacial score (nSPS) is 10.3. The van der Waals surface area contributed by atoms with E-state index in [4.69, 9.17) is 5.73 Å². The van der Waals surface area contributed by atoms with Crippen LogP contribution in [0.15, 0.2) is 47.3 Å². The molecular formula is C13H14N2O. The molecule has 2 rings (SSSR count). The second-order valence-electron chi connectivity index (χ2n) is 3.81. The van der Waals surface area contributed by atoms with E-state index < -0.39 is 0 Å². The van der Waals surface area contributed by atoms with Crippen LogP contribution in [0.1, 0.15) is 11.3 Å². The minimum Gasteiger partial charge on any atom is -0.394 e. The van der Waals surface area contributed by atoms with Gasteiger partial charge in [0, 0.05) is 19.2 Å². The maximum Gasteiger partial charge on any atom is 0.273 e. The lowest BCUT2D eigenvalue weighted by Gasteiger charge is -2.08. The zero-order valence-electron chi connectivity index (χ0n) is 9.18. The van der Waals surface area contributed by atoms with Gasteiger partial charge in [-0.05, 0) is 17.7 Å². The molecule has 0 atom stereocenters. The van der Waals surface area contributed by atoms with Crippen molar-refractivity contribution in [3.05, 3.63) is 64.1 Å². The summed E-state index contributed by atoms with van der Waals surface area (Å²) in [5.41, 5.74) is 7.86. The van der Waals surface area contributed by atoms with Crippen LogP contribution in [0.2, 0.25) is 0 Å². The Hall–Kier alpha value is -2.03. The van der Waals surface area contributed by atoms with Gasteiger partial charge in [0.05, 0.1) is 5.69 Å². The molecule has 0 unspecified atom stereocenters. The number of nitrogens with zero attached hydrogens (tertiary/aromatic N) is 1. The van der Waals surface area contributed by atoms with Crippen molar-refractivity contribution in [1.29, 1.82) is 0 Å². The van der Waals surface area contributed by atoms with E-state index in [9.17, 15) is 4.79 Å². The highest BCUT2D eigenvalue weighted by molar-refractivity contribution is 5.36. The van der Waals surface area contributed by atoms with Gasteiger partial charge in [-0.1, -0.05) is 30.3 Å². The van der Waals surface area contributed by atoms with E-state index >= 15 is 0 Å². The van der Waals surface area contributed by atoms with Crippen LogP contribution in [0, 0.1) is 0 Å². The summed E-state index contributed by atoms with van der Waals surface area (Å²) in [6.45, 7) is 0. The van der Waals surface area contributed by atoms with E-state index in [0.29, 0.717) is 5.69 Å². The molecule has 82 valence electrons. The molecule has 0 radical (unpaired) electrons. The zero-order valence-corrected chi connectivity index (χ0v) is 9.18. The first-order chi connectivity index (χ1) is 7.68. The molecule has 0 aliphatic heterocycles. The van der Waals surface area contributed by atoms with Crippen molar-refractivity contribution in [2.24, 2.45) is 7.05 Å². The summed E-state index contributed by atoms with van der Waals surface area (Å²) in [4.78, 5) is 11.6. The minimum absolute atomic E-state index is 0.131. The molecule has 1 heterocycles. The molecule has 3 nitrogen and oxygen atoms in total. The van der Waals surface area contributed by atoms with Crippen molar-refractivity contribution in [2.45, 2.75) is 6.42 Å². The summed E-state index contributed by atoms with van der Waals surface area (Å²) >= 11 is 0. The van der Waals surface area contributed by atoms with Crippen LogP contribution < -0.4 is 11.3 Å². The summed E-state index contributed by atoms with van der Waals surface area (Å²) < 4.78 is 1.60. The van der Waals surface area contributed by atoms with Gasteiger partial charge >= 0.3 is 0 Å². The van der Waals surface area contributed by atoms with E-state index in [1.54, 1.807) is 17.7 Å². The Morgan fingerprint density at radius 1 is 1.12 bits per heavy atom. The first kappa shape index (κ1) is 10.5. The van der Waals surface area contributed by atoms with Crippen LogP contribution in [0.5, 0.6) is 0 Å². The van der Waals surface area contributed by atoms with E-state index in [1.807, 2.05) is 36.4 Å². The number of hydrogen-bond acceptors (Lipinski definition) is 2. The first-order valence-electron chi connectivity index (χ1n) is 5.17. The van der Waals surface area contributed by atoms with Gasteiger partial charge in [-0.25, -0.2) is 0 Å². The molecule has 0 aliphatic carbocycles. The lowest BCUT2D eigenvalue weighted by atomic mass is 10.1. The first-order valence-corrected chi connectivity index (χ1v) is 5.17. The fourth-order valence-corrected chi connectivity index (χ4v) is 1.68. The fourth-order valence-electron chi connectivity index (χ4n) is 1.68. The van der Waals surface area contributed by atoms with Crippen molar-refractivity contribution in [3.63, 3.8) is 0 Å². The number of pyridine rings is 1. The van der Waals surface area contributed by atoms with Crippen molar-refractivity contribution in [2.75, 3.05) is 5.73 Å². The van der Waals surface area contributed by atoms with Crippen molar-refractivity contribution in [1.82, 2.24) is 4.57 Å². The smallest absolute Gasteiger partial charge is 0.273 e. The van der Waals surface area contributed by atoms with E-state index in [2.05, 4.69) is 0 Å². The monoisotopic (exact) mass is 214 g/mol. The number of nitrogens with two attached hydrogens (primary N) is 1. The predicted octanol–water partition coefficient (Wildman–Crippen LogP) is 1.56. The van der Waals surface area contributed by atoms with Crippen LogP contribution in [-0.2, 0) is 13.5 Å². The highest BCUT2D eigenvalue weighted by Gasteiger charge is 2.03. The molecule has 0 spiro atoms. The molecule has 0 aliphatic rings. The second kappa shape index (κ2) is 4.23. The van der Waals surface area contributed by atoms with Crippen LogP contribution in [-0.4, -0.2) is 4.57 Å². The molecular weight excluding hydrogens is 200 g/mol. The highest BCUT2D eigenvalue weighted by atomic mass is 16.1. The molecule has 2 N–H and O–H groups in total. The Morgan fingerprint density at radius 2 is 1.81 bits per heavy atom. The molecule has 3 heteroatoms. The summed E-state index contributed by atoms with van der Waals surface area (Å²) in [7, 11) is 1.75. The van der Waals surface area contributed by atoms with Crippen LogP contribution >= 0.6 is 0 Å². The molecule has 0 bridgehead atoms. The number of nitrogen functional groups attached to an aromatic ring is 1. The number of rotatable bonds is 2. The van der Waals surface area contributed by atoms with Gasteiger partial charge in [0.2, 0.25) is 0 Å². The molecule has 0 amide bonds. The minimum atomic E-state index is -0.131. The standard InChI is InChI=1S/C13H14N2O/c1-15-11(7-8-12(14)13(15)16)9-10-5-3-2-4-6-10/h2-8H,9,14H2,1H3. The lowest BCUT2D eigenvalue weighted by molar-refractivity contribution is 0.796. The van der Waals surface area contributed by atoms with E-state index in [0.717, 1.165) is 12.1 Å². The Labute approximate surface area is 94.1 Å². The topological polar surface area (TPSA) is 48.0 Å². The number of benzene rings is 1. The maximum atomic E-state index is 11.6. The van der Waals surface area contributed by atoms with Crippen LogP contribution in [0.3, 0.4) is 0 Å². The Morgan fingerprint density at radius 3 is 2.50 bits per heavy atom. The number of anilines is 1. The van der Waals surface area contributed by atoms with Crippen molar-refractivity contribution < 1.29 is 0 Å². The van der Waals surface area contributed by atoms with Gasteiger partial charge < -0.3 is 10.3 Å². The third kappa shape index (κ3) is 1.98. The molecule has 1 aromatic heterocycles. The summed E-state index contributed by atoms with van der Waals surface area (Å²) in [5, 5.41) is 0. The Balaban J connectivity index is 2.37. The third-order valence-electron chi connectivity index (χ3n) is 2.67. The predicted molar refractivity (Wildman–Crippen MR) is 65.3 cm³/mol. The molecule has 1 aromatic carbocycles. The fraction of sp³-hybridized carbons (Fsp3) is 0.154. The van der Waals surface area contributed by atoms with Gasteiger partial charge in [0.1, 0.15) is 0 Å². The van der Waals surface area contributed by atoms with E-state index in [-0.39, 0.29) is 5.56 Å². The summed E-state index contributed by atoms with van der Waals surface area (Å²) in [6, 6.07) is 13.6. The molecule has 0 saturated carbocycles. The molecule has 2 aromatic rings. The van der Waals surface area contributed by atoms with Gasteiger partial charge in [-0.2, -0.15) is 0 Å². The van der Waals surface area contributed by atoms with Gasteiger partial charge in [-0.3, -0.25) is 4.79 Å². The highest BCUT2D eigenvalue weighted by Crippen LogP contribution is 2.08. The molecule has 16 heavy (non-hydrogen) atoms. The van der Waals surface area contributed by atoms with Crippen LogP contribution in [0.4, 0.5) is 5.69 Å². The van der Waals surface area contributed by atoms with Crippen molar-refractivity contribution >= 4 is 5.69 Å². The Bertz CT molecular complexity index is 544. The molecule has 0 saturated heterocycles.